The van der Waals surface area contributed by atoms with Crippen LogP contribution in [0, 0.1) is 0 Å². The highest BCUT2D eigenvalue weighted by Gasteiger charge is 2.31. The van der Waals surface area contributed by atoms with Crippen molar-refractivity contribution in [3.63, 3.8) is 0 Å². The minimum absolute atomic E-state index is 0.100. The molecule has 1 amide bonds. The van der Waals surface area contributed by atoms with Gasteiger partial charge in [0.1, 0.15) is 4.88 Å². The maximum absolute atomic E-state index is 12.9. The molecule has 1 N–H and O–H groups in total. The van der Waals surface area contributed by atoms with E-state index in [1.165, 1.54) is 29.0 Å². The van der Waals surface area contributed by atoms with E-state index in [1.807, 2.05) is 6.92 Å². The van der Waals surface area contributed by atoms with Crippen LogP contribution in [0.25, 0.3) is 10.1 Å². The molecule has 0 unspecified atom stereocenters. The summed E-state index contributed by atoms with van der Waals surface area (Å²) in [6, 6.07) is 5.98. The molecule has 142 valence electrons. The van der Waals surface area contributed by atoms with Gasteiger partial charge in [-0.1, -0.05) is 24.6 Å². The van der Waals surface area contributed by atoms with Gasteiger partial charge in [0, 0.05) is 28.9 Å². The molecule has 2 aromatic heterocycles. The third kappa shape index (κ3) is 4.01. The standard InChI is InChI=1S/C18H14ClF3N2O2S/c1-2-7-24-9-11(4-6-14(24)25)23-17(26)16-15(19)12-5-3-10(18(20,21)22)8-13(12)27-16/h3-6,8-9H,2,7H2,1H3,(H,23,26). The SMILES string of the molecule is CCCn1cc(NC(=O)c2sc3cc(C(F)(F)F)ccc3c2Cl)ccc1=O. The van der Waals surface area contributed by atoms with Gasteiger partial charge in [0.15, 0.2) is 0 Å². The molecule has 0 bridgehead atoms. The van der Waals surface area contributed by atoms with Crippen molar-refractivity contribution < 1.29 is 18.0 Å². The summed E-state index contributed by atoms with van der Waals surface area (Å²) in [6.45, 7) is 2.43. The highest BCUT2D eigenvalue weighted by molar-refractivity contribution is 7.21. The number of pyridine rings is 1. The van der Waals surface area contributed by atoms with Gasteiger partial charge in [-0.25, -0.2) is 0 Å². The number of benzene rings is 1. The zero-order valence-corrected chi connectivity index (χ0v) is 15.6. The first-order valence-corrected chi connectivity index (χ1v) is 9.21. The van der Waals surface area contributed by atoms with E-state index in [1.54, 1.807) is 0 Å². The zero-order chi connectivity index (χ0) is 19.8. The number of thiophene rings is 1. The van der Waals surface area contributed by atoms with Crippen molar-refractivity contribution >= 4 is 44.6 Å². The fourth-order valence-corrected chi connectivity index (χ4v) is 4.05. The Morgan fingerprint density at radius 1 is 1.26 bits per heavy atom. The molecule has 0 aliphatic rings. The minimum atomic E-state index is -4.47. The average molecular weight is 415 g/mol. The zero-order valence-electron chi connectivity index (χ0n) is 14.1. The summed E-state index contributed by atoms with van der Waals surface area (Å²) in [5, 5.41) is 3.12. The number of amides is 1. The van der Waals surface area contributed by atoms with Crippen LogP contribution in [0.5, 0.6) is 0 Å². The van der Waals surface area contributed by atoms with Crippen molar-refractivity contribution in [1.82, 2.24) is 4.57 Å². The van der Waals surface area contributed by atoms with E-state index in [-0.39, 0.29) is 20.2 Å². The van der Waals surface area contributed by atoms with Crippen LogP contribution in [0.15, 0.2) is 41.3 Å². The lowest BCUT2D eigenvalue weighted by Gasteiger charge is -2.08. The second-order valence-corrected chi connectivity index (χ2v) is 7.29. The Balaban J connectivity index is 1.93. The molecule has 0 aliphatic carbocycles. The predicted octanol–water partition coefficient (Wildman–Crippen LogP) is 5.40. The van der Waals surface area contributed by atoms with Gasteiger partial charge in [-0.2, -0.15) is 13.2 Å². The Labute approximate surface area is 161 Å². The number of alkyl halides is 3. The quantitative estimate of drug-likeness (QED) is 0.621. The summed E-state index contributed by atoms with van der Waals surface area (Å²) in [7, 11) is 0. The lowest BCUT2D eigenvalue weighted by molar-refractivity contribution is -0.137. The van der Waals surface area contributed by atoms with Gasteiger partial charge in [-0.3, -0.25) is 9.59 Å². The Kier molecular flexibility index (Phi) is 5.30. The van der Waals surface area contributed by atoms with Crippen LogP contribution >= 0.6 is 22.9 Å². The highest BCUT2D eigenvalue weighted by atomic mass is 35.5. The first-order chi connectivity index (χ1) is 12.7. The maximum Gasteiger partial charge on any atom is 0.416 e. The van der Waals surface area contributed by atoms with E-state index in [0.29, 0.717) is 17.6 Å². The first kappa shape index (κ1) is 19.4. The fraction of sp³-hybridized carbons (Fsp3) is 0.222. The number of aryl methyl sites for hydroxylation is 1. The molecule has 0 atom stereocenters. The monoisotopic (exact) mass is 414 g/mol. The van der Waals surface area contributed by atoms with Gasteiger partial charge >= 0.3 is 6.18 Å². The Bertz CT molecular complexity index is 1070. The van der Waals surface area contributed by atoms with E-state index >= 15 is 0 Å². The van der Waals surface area contributed by atoms with Crippen molar-refractivity contribution in [2.45, 2.75) is 26.1 Å². The second kappa shape index (κ2) is 7.36. The topological polar surface area (TPSA) is 51.1 Å². The van der Waals surface area contributed by atoms with Gasteiger partial charge in [0.05, 0.1) is 16.3 Å². The van der Waals surface area contributed by atoms with Crippen LogP contribution in [0.3, 0.4) is 0 Å². The van der Waals surface area contributed by atoms with Crippen LogP contribution < -0.4 is 10.9 Å². The Hall–Kier alpha value is -2.32. The highest BCUT2D eigenvalue weighted by Crippen LogP contribution is 2.39. The van der Waals surface area contributed by atoms with Crippen LogP contribution in [0.4, 0.5) is 18.9 Å². The van der Waals surface area contributed by atoms with Crippen molar-refractivity contribution in [2.24, 2.45) is 0 Å². The van der Waals surface area contributed by atoms with E-state index < -0.39 is 17.6 Å². The number of aromatic nitrogens is 1. The number of hydrogen-bond acceptors (Lipinski definition) is 3. The van der Waals surface area contributed by atoms with Crippen molar-refractivity contribution in [3.8, 4) is 0 Å². The maximum atomic E-state index is 12.9. The first-order valence-electron chi connectivity index (χ1n) is 8.01. The fourth-order valence-electron chi connectivity index (χ4n) is 2.60. The van der Waals surface area contributed by atoms with Gasteiger partial charge in [-0.05, 0) is 24.6 Å². The van der Waals surface area contributed by atoms with Crippen molar-refractivity contribution in [1.29, 1.82) is 0 Å². The molecule has 1 aromatic carbocycles. The number of carbonyl (C=O) groups excluding carboxylic acids is 1. The molecule has 0 radical (unpaired) electrons. The molecular weight excluding hydrogens is 401 g/mol. The van der Waals surface area contributed by atoms with E-state index in [9.17, 15) is 22.8 Å². The number of carbonyl (C=O) groups is 1. The van der Waals surface area contributed by atoms with Crippen LogP contribution in [-0.2, 0) is 12.7 Å². The normalized spacial score (nSPS) is 11.7. The molecular formula is C18H14ClF3N2O2S. The molecule has 3 aromatic rings. The number of rotatable bonds is 4. The van der Waals surface area contributed by atoms with E-state index in [0.717, 1.165) is 29.9 Å². The molecule has 9 heteroatoms. The summed E-state index contributed by atoms with van der Waals surface area (Å²) in [6.07, 6.45) is -2.20. The molecule has 0 saturated carbocycles. The molecule has 3 rings (SSSR count). The summed E-state index contributed by atoms with van der Waals surface area (Å²) in [5.41, 5.74) is -0.585. The van der Waals surface area contributed by atoms with E-state index in [2.05, 4.69) is 5.32 Å². The molecule has 27 heavy (non-hydrogen) atoms. The van der Waals surface area contributed by atoms with Gasteiger partial charge in [0.25, 0.3) is 11.5 Å². The number of fused-ring (bicyclic) bond motifs is 1. The summed E-state index contributed by atoms with van der Waals surface area (Å²) >= 11 is 7.09. The van der Waals surface area contributed by atoms with Crippen molar-refractivity contribution in [2.75, 3.05) is 5.32 Å². The van der Waals surface area contributed by atoms with Gasteiger partial charge < -0.3 is 9.88 Å². The predicted molar refractivity (Wildman–Crippen MR) is 101 cm³/mol. The number of nitrogens with zero attached hydrogens (tertiary/aromatic N) is 1. The second-order valence-electron chi connectivity index (χ2n) is 5.86. The lowest BCUT2D eigenvalue weighted by Crippen LogP contribution is -2.20. The summed E-state index contributed by atoms with van der Waals surface area (Å²) in [4.78, 5) is 24.4. The number of anilines is 1. The summed E-state index contributed by atoms with van der Waals surface area (Å²) < 4.78 is 40.3. The Morgan fingerprint density at radius 3 is 2.67 bits per heavy atom. The van der Waals surface area contributed by atoms with Crippen LogP contribution in [-0.4, -0.2) is 10.5 Å². The molecule has 0 fully saturated rings. The molecule has 4 nitrogen and oxygen atoms in total. The number of halogens is 4. The molecule has 0 spiro atoms. The molecule has 2 heterocycles. The third-order valence-corrected chi connectivity index (χ3v) is 5.52. The smallest absolute Gasteiger partial charge is 0.320 e. The number of nitrogens with one attached hydrogen (secondary N) is 1. The van der Waals surface area contributed by atoms with Crippen LogP contribution in [0.1, 0.15) is 28.6 Å². The average Bonchev–Trinajstić information content (AvgIpc) is 2.94. The van der Waals surface area contributed by atoms with Crippen molar-refractivity contribution in [3.05, 3.63) is 62.3 Å². The van der Waals surface area contributed by atoms with Crippen LogP contribution in [0.2, 0.25) is 5.02 Å². The molecule has 0 saturated heterocycles. The third-order valence-electron chi connectivity index (χ3n) is 3.87. The number of hydrogen-bond donors (Lipinski definition) is 1. The molecule has 0 aliphatic heterocycles. The largest absolute Gasteiger partial charge is 0.416 e. The Morgan fingerprint density at radius 2 is 2.00 bits per heavy atom. The van der Waals surface area contributed by atoms with E-state index in [4.69, 9.17) is 11.6 Å². The van der Waals surface area contributed by atoms with Gasteiger partial charge in [0.2, 0.25) is 0 Å². The lowest BCUT2D eigenvalue weighted by atomic mass is 10.1. The summed E-state index contributed by atoms with van der Waals surface area (Å²) in [5.74, 6) is -0.545. The van der Waals surface area contributed by atoms with Gasteiger partial charge in [-0.15, -0.1) is 11.3 Å². The minimum Gasteiger partial charge on any atom is -0.320 e.